The number of halogens is 1. The minimum Gasteiger partial charge on any atom is -0.424 e. The van der Waals surface area contributed by atoms with Crippen molar-refractivity contribution in [3.05, 3.63) is 24.0 Å². The summed E-state index contributed by atoms with van der Waals surface area (Å²) in [5, 5.41) is 3.15. The van der Waals surface area contributed by atoms with Crippen LogP contribution < -0.4 is 5.32 Å². The van der Waals surface area contributed by atoms with Gasteiger partial charge in [-0.15, -0.1) is 0 Å². The van der Waals surface area contributed by atoms with Crippen molar-refractivity contribution in [1.82, 2.24) is 4.98 Å². The second kappa shape index (κ2) is 5.57. The van der Waals surface area contributed by atoms with E-state index in [0.717, 1.165) is 6.42 Å². The van der Waals surface area contributed by atoms with Gasteiger partial charge in [-0.3, -0.25) is 0 Å². The summed E-state index contributed by atoms with van der Waals surface area (Å²) in [7, 11) is 1.69. The van der Waals surface area contributed by atoms with Gasteiger partial charge in [-0.1, -0.05) is 13.8 Å². The number of benzene rings is 1. The van der Waals surface area contributed by atoms with Gasteiger partial charge in [0.25, 0.3) is 6.01 Å². The van der Waals surface area contributed by atoms with E-state index in [1.807, 2.05) is 0 Å². The van der Waals surface area contributed by atoms with E-state index in [-0.39, 0.29) is 11.2 Å². The van der Waals surface area contributed by atoms with Crippen molar-refractivity contribution < 1.29 is 13.5 Å². The van der Waals surface area contributed by atoms with Crippen molar-refractivity contribution >= 4 is 17.1 Å². The van der Waals surface area contributed by atoms with Gasteiger partial charge in [0, 0.05) is 26.3 Å². The zero-order valence-electron chi connectivity index (χ0n) is 11.5. The molecule has 2 aromatic rings. The fourth-order valence-electron chi connectivity index (χ4n) is 1.76. The first-order chi connectivity index (χ1) is 9.00. The molecule has 0 saturated heterocycles. The van der Waals surface area contributed by atoms with Gasteiger partial charge in [-0.2, -0.15) is 4.98 Å². The zero-order valence-corrected chi connectivity index (χ0v) is 11.5. The standard InChI is InChI=1S/C14H19FN2O2/c1-14(2,6-7-18-3)9-16-13-17-11-8-10(15)4-5-12(11)19-13/h4-5,8H,6-7,9H2,1-3H3,(H,16,17). The van der Waals surface area contributed by atoms with E-state index in [0.29, 0.717) is 30.3 Å². The first kappa shape index (κ1) is 13.8. The van der Waals surface area contributed by atoms with Crippen LogP contribution in [0.4, 0.5) is 10.4 Å². The first-order valence-corrected chi connectivity index (χ1v) is 6.29. The molecule has 4 nitrogen and oxygen atoms in total. The highest BCUT2D eigenvalue weighted by molar-refractivity contribution is 5.74. The van der Waals surface area contributed by atoms with E-state index in [4.69, 9.17) is 9.15 Å². The smallest absolute Gasteiger partial charge is 0.295 e. The topological polar surface area (TPSA) is 47.3 Å². The number of hydrogen-bond donors (Lipinski definition) is 1. The molecule has 0 saturated carbocycles. The van der Waals surface area contributed by atoms with Crippen LogP contribution in [-0.2, 0) is 4.74 Å². The lowest BCUT2D eigenvalue weighted by Gasteiger charge is -2.23. The molecule has 0 amide bonds. The summed E-state index contributed by atoms with van der Waals surface area (Å²) in [6.45, 7) is 5.71. The van der Waals surface area contributed by atoms with Crippen LogP contribution in [0.1, 0.15) is 20.3 Å². The largest absolute Gasteiger partial charge is 0.424 e. The molecule has 0 radical (unpaired) electrons. The van der Waals surface area contributed by atoms with Gasteiger partial charge in [0.2, 0.25) is 0 Å². The number of anilines is 1. The van der Waals surface area contributed by atoms with E-state index >= 15 is 0 Å². The van der Waals surface area contributed by atoms with Crippen LogP contribution in [0.25, 0.3) is 11.1 Å². The van der Waals surface area contributed by atoms with Gasteiger partial charge < -0.3 is 14.5 Å². The molecule has 0 fully saturated rings. The van der Waals surface area contributed by atoms with Gasteiger partial charge in [-0.05, 0) is 24.0 Å². The number of nitrogens with zero attached hydrogens (tertiary/aromatic N) is 1. The van der Waals surface area contributed by atoms with Crippen molar-refractivity contribution in [2.75, 3.05) is 25.6 Å². The molecule has 0 unspecified atom stereocenters. The number of aromatic nitrogens is 1. The van der Waals surface area contributed by atoms with E-state index < -0.39 is 0 Å². The molecule has 0 aliphatic heterocycles. The number of fused-ring (bicyclic) bond motifs is 1. The molecule has 0 aliphatic rings. The lowest BCUT2D eigenvalue weighted by Crippen LogP contribution is -2.24. The molecule has 1 aromatic heterocycles. The number of rotatable bonds is 6. The Morgan fingerprint density at radius 3 is 2.95 bits per heavy atom. The number of oxazole rings is 1. The molecule has 1 aromatic carbocycles. The predicted octanol–water partition coefficient (Wildman–Crippen LogP) is 3.44. The highest BCUT2D eigenvalue weighted by Gasteiger charge is 2.18. The molecule has 1 heterocycles. The average molecular weight is 266 g/mol. The summed E-state index contributed by atoms with van der Waals surface area (Å²) in [5.41, 5.74) is 1.18. The summed E-state index contributed by atoms with van der Waals surface area (Å²) < 4.78 is 23.6. The summed E-state index contributed by atoms with van der Waals surface area (Å²) >= 11 is 0. The van der Waals surface area contributed by atoms with E-state index in [1.54, 1.807) is 13.2 Å². The number of methoxy groups -OCH3 is 1. The summed E-state index contributed by atoms with van der Waals surface area (Å²) in [6, 6.07) is 4.73. The molecule has 104 valence electrons. The maximum absolute atomic E-state index is 13.0. The van der Waals surface area contributed by atoms with Crippen molar-refractivity contribution in [3.63, 3.8) is 0 Å². The predicted molar refractivity (Wildman–Crippen MR) is 72.7 cm³/mol. The fourth-order valence-corrected chi connectivity index (χ4v) is 1.76. The van der Waals surface area contributed by atoms with E-state index in [9.17, 15) is 4.39 Å². The van der Waals surface area contributed by atoms with E-state index in [2.05, 4.69) is 24.1 Å². The molecular weight excluding hydrogens is 247 g/mol. The fraction of sp³-hybridized carbons (Fsp3) is 0.500. The molecule has 0 atom stereocenters. The third kappa shape index (κ3) is 3.67. The van der Waals surface area contributed by atoms with Gasteiger partial charge in [-0.25, -0.2) is 4.39 Å². The van der Waals surface area contributed by atoms with Crippen molar-refractivity contribution in [3.8, 4) is 0 Å². The van der Waals surface area contributed by atoms with Crippen molar-refractivity contribution in [1.29, 1.82) is 0 Å². The SMILES string of the molecule is COCCC(C)(C)CNc1nc2cc(F)ccc2o1. The molecule has 19 heavy (non-hydrogen) atoms. The van der Waals surface area contributed by atoms with Crippen molar-refractivity contribution in [2.45, 2.75) is 20.3 Å². The van der Waals surface area contributed by atoms with Crippen LogP contribution in [0.15, 0.2) is 22.6 Å². The van der Waals surface area contributed by atoms with Crippen LogP contribution in [0.3, 0.4) is 0 Å². The molecule has 0 bridgehead atoms. The summed E-state index contributed by atoms with van der Waals surface area (Å²) in [4.78, 5) is 4.21. The third-order valence-electron chi connectivity index (χ3n) is 3.05. The Bertz CT molecular complexity index is 551. The highest BCUT2D eigenvalue weighted by Crippen LogP contribution is 2.23. The Morgan fingerprint density at radius 1 is 1.42 bits per heavy atom. The second-order valence-corrected chi connectivity index (χ2v) is 5.39. The Labute approximate surface area is 112 Å². The van der Waals surface area contributed by atoms with Crippen LogP contribution >= 0.6 is 0 Å². The number of hydrogen-bond acceptors (Lipinski definition) is 4. The second-order valence-electron chi connectivity index (χ2n) is 5.39. The van der Waals surface area contributed by atoms with Gasteiger partial charge in [0.1, 0.15) is 11.3 Å². The van der Waals surface area contributed by atoms with Crippen LogP contribution in [-0.4, -0.2) is 25.2 Å². The van der Waals surface area contributed by atoms with Crippen LogP contribution in [0.5, 0.6) is 0 Å². The Morgan fingerprint density at radius 2 is 2.21 bits per heavy atom. The normalized spacial score (nSPS) is 12.0. The van der Waals surface area contributed by atoms with Crippen molar-refractivity contribution in [2.24, 2.45) is 5.41 Å². The monoisotopic (exact) mass is 266 g/mol. The molecule has 5 heteroatoms. The minimum absolute atomic E-state index is 0.0713. The Kier molecular flexibility index (Phi) is 4.04. The average Bonchev–Trinajstić information content (AvgIpc) is 2.76. The molecule has 0 aliphatic carbocycles. The van der Waals surface area contributed by atoms with Gasteiger partial charge >= 0.3 is 0 Å². The first-order valence-electron chi connectivity index (χ1n) is 6.29. The molecule has 1 N–H and O–H groups in total. The quantitative estimate of drug-likeness (QED) is 0.870. The van der Waals surface area contributed by atoms with Crippen LogP contribution in [0, 0.1) is 11.2 Å². The highest BCUT2D eigenvalue weighted by atomic mass is 19.1. The molecular formula is C14H19FN2O2. The Hall–Kier alpha value is -1.62. The maximum atomic E-state index is 13.0. The Balaban J connectivity index is 2.01. The third-order valence-corrected chi connectivity index (χ3v) is 3.05. The zero-order chi connectivity index (χ0) is 13.9. The number of nitrogens with one attached hydrogen (secondary N) is 1. The number of ether oxygens (including phenoxy) is 1. The maximum Gasteiger partial charge on any atom is 0.295 e. The minimum atomic E-state index is -0.312. The molecule has 2 rings (SSSR count). The lowest BCUT2D eigenvalue weighted by atomic mass is 9.90. The molecule has 0 spiro atoms. The lowest BCUT2D eigenvalue weighted by molar-refractivity contribution is 0.156. The van der Waals surface area contributed by atoms with Crippen LogP contribution in [0.2, 0.25) is 0 Å². The summed E-state index contributed by atoms with van der Waals surface area (Å²) in [5.74, 6) is -0.312. The van der Waals surface area contributed by atoms with Gasteiger partial charge in [0.05, 0.1) is 0 Å². The van der Waals surface area contributed by atoms with Gasteiger partial charge in [0.15, 0.2) is 5.58 Å². The van der Waals surface area contributed by atoms with E-state index in [1.165, 1.54) is 12.1 Å². The summed E-state index contributed by atoms with van der Waals surface area (Å²) in [6.07, 6.45) is 0.936.